The van der Waals surface area contributed by atoms with E-state index >= 15 is 0 Å². The van der Waals surface area contributed by atoms with Gasteiger partial charge in [-0.2, -0.15) is 0 Å². The number of esters is 1. The summed E-state index contributed by atoms with van der Waals surface area (Å²) in [5.74, 6) is 0.374. The van der Waals surface area contributed by atoms with Gasteiger partial charge in [-0.1, -0.05) is 121 Å². The first-order chi connectivity index (χ1) is 18.8. The van der Waals surface area contributed by atoms with Crippen molar-refractivity contribution in [1.82, 2.24) is 0 Å². The summed E-state index contributed by atoms with van der Waals surface area (Å²) in [5.41, 5.74) is 2.65. The Hall–Kier alpha value is -2.33. The fraction of sp³-hybridized carbons (Fsp3) is 0.629. The van der Waals surface area contributed by atoms with Gasteiger partial charge >= 0.3 is 5.97 Å². The second kappa shape index (κ2) is 18.9. The first kappa shape index (κ1) is 32.9. The summed E-state index contributed by atoms with van der Waals surface area (Å²) in [5, 5.41) is 0. The van der Waals surface area contributed by atoms with Crippen LogP contribution < -0.4 is 4.74 Å². The van der Waals surface area contributed by atoms with Crippen LogP contribution in [0.2, 0.25) is 0 Å². The molecule has 0 aromatic heterocycles. The number of nitrogens with zero attached hydrogens (tertiary/aromatic N) is 1. The second-order valence-electron chi connectivity index (χ2n) is 12.0. The molecule has 0 spiro atoms. The zero-order valence-corrected chi connectivity index (χ0v) is 25.6. The van der Waals surface area contributed by atoms with Crippen LogP contribution in [0.25, 0.3) is 0 Å². The third-order valence-electron chi connectivity index (χ3n) is 7.60. The van der Waals surface area contributed by atoms with Crippen molar-refractivity contribution in [2.75, 3.05) is 20.6 Å². The summed E-state index contributed by atoms with van der Waals surface area (Å²) in [7, 11) is 4.41. The van der Waals surface area contributed by atoms with E-state index in [9.17, 15) is 4.79 Å². The molecule has 2 unspecified atom stereocenters. The maximum Gasteiger partial charge on any atom is 0.311 e. The van der Waals surface area contributed by atoms with Crippen LogP contribution in [-0.2, 0) is 22.5 Å². The third kappa shape index (κ3) is 15.1. The van der Waals surface area contributed by atoms with E-state index in [0.717, 1.165) is 36.2 Å². The van der Waals surface area contributed by atoms with Crippen molar-refractivity contribution < 1.29 is 18.8 Å². The molecule has 0 aliphatic rings. The predicted molar refractivity (Wildman–Crippen MR) is 164 cm³/mol. The van der Waals surface area contributed by atoms with Crippen LogP contribution in [0.5, 0.6) is 5.75 Å². The van der Waals surface area contributed by atoms with Crippen LogP contribution in [-0.4, -0.2) is 37.4 Å². The predicted octanol–water partition coefficient (Wildman–Crippen LogP) is 9.11. The number of quaternary nitrogens is 1. The molecule has 0 aliphatic carbocycles. The smallest absolute Gasteiger partial charge is 0.311 e. The van der Waals surface area contributed by atoms with Gasteiger partial charge in [0.25, 0.3) is 0 Å². The molecule has 0 saturated heterocycles. The first-order valence-electron chi connectivity index (χ1n) is 15.6. The highest BCUT2D eigenvalue weighted by atomic mass is 16.7. The van der Waals surface area contributed by atoms with Crippen LogP contribution in [0, 0.1) is 5.92 Å². The van der Waals surface area contributed by atoms with Gasteiger partial charge in [-0.15, -0.1) is 0 Å². The molecule has 0 amide bonds. The van der Waals surface area contributed by atoms with E-state index in [1.165, 1.54) is 81.8 Å². The molecule has 2 rings (SSSR count). The SMILES string of the molecule is CCCCCCCCCCCCCc1ccc(OC(C)OC(=O)C(C)CC[N+](C)(C)Cc2ccccc2)cc1. The quantitative estimate of drug-likeness (QED) is 0.0688. The van der Waals surface area contributed by atoms with E-state index in [1.807, 2.05) is 25.1 Å². The highest BCUT2D eigenvalue weighted by molar-refractivity contribution is 5.72. The number of benzene rings is 2. The van der Waals surface area contributed by atoms with Crippen molar-refractivity contribution in [3.63, 3.8) is 0 Å². The van der Waals surface area contributed by atoms with Crippen LogP contribution in [0.1, 0.15) is 109 Å². The summed E-state index contributed by atoms with van der Waals surface area (Å²) in [6.07, 6.45) is 16.3. The molecule has 4 nitrogen and oxygen atoms in total. The highest BCUT2D eigenvalue weighted by Crippen LogP contribution is 2.19. The van der Waals surface area contributed by atoms with E-state index < -0.39 is 6.29 Å². The van der Waals surface area contributed by atoms with Gasteiger partial charge < -0.3 is 14.0 Å². The minimum atomic E-state index is -0.607. The molecule has 0 bridgehead atoms. The minimum absolute atomic E-state index is 0.169. The number of carbonyl (C=O) groups excluding carboxylic acids is 1. The fourth-order valence-electron chi connectivity index (χ4n) is 5.04. The van der Waals surface area contributed by atoms with Gasteiger partial charge in [0.2, 0.25) is 6.29 Å². The molecule has 2 aromatic carbocycles. The highest BCUT2D eigenvalue weighted by Gasteiger charge is 2.23. The summed E-state index contributed by atoms with van der Waals surface area (Å²) in [6.45, 7) is 7.86. The molecule has 0 saturated carbocycles. The Morgan fingerprint density at radius 2 is 1.31 bits per heavy atom. The van der Waals surface area contributed by atoms with Gasteiger partial charge in [0.15, 0.2) is 0 Å². The van der Waals surface area contributed by atoms with E-state index in [-0.39, 0.29) is 11.9 Å². The molecule has 2 aromatic rings. The number of rotatable bonds is 21. The maximum absolute atomic E-state index is 12.6. The Labute approximate surface area is 239 Å². The number of ether oxygens (including phenoxy) is 2. The van der Waals surface area contributed by atoms with Crippen LogP contribution >= 0.6 is 0 Å². The molecule has 0 heterocycles. The summed E-state index contributed by atoms with van der Waals surface area (Å²) in [6, 6.07) is 18.7. The number of unbranched alkanes of at least 4 members (excludes halogenated alkanes) is 10. The van der Waals surface area contributed by atoms with E-state index in [0.29, 0.717) is 0 Å². The van der Waals surface area contributed by atoms with Gasteiger partial charge in [-0.3, -0.25) is 4.79 Å². The van der Waals surface area contributed by atoms with Gasteiger partial charge in [0.1, 0.15) is 12.3 Å². The van der Waals surface area contributed by atoms with Gasteiger partial charge in [0, 0.05) is 18.9 Å². The normalized spacial score (nSPS) is 13.2. The lowest BCUT2D eigenvalue weighted by atomic mass is 10.0. The van der Waals surface area contributed by atoms with E-state index in [1.54, 1.807) is 6.92 Å². The van der Waals surface area contributed by atoms with Crippen LogP contribution in [0.4, 0.5) is 0 Å². The zero-order valence-electron chi connectivity index (χ0n) is 25.6. The Bertz CT molecular complexity index is 894. The molecule has 4 heteroatoms. The average molecular weight is 539 g/mol. The molecular weight excluding hydrogens is 482 g/mol. The fourth-order valence-corrected chi connectivity index (χ4v) is 5.04. The van der Waals surface area contributed by atoms with Crippen molar-refractivity contribution >= 4 is 5.97 Å². The number of hydrogen-bond donors (Lipinski definition) is 0. The lowest BCUT2D eigenvalue weighted by Crippen LogP contribution is -2.41. The molecule has 0 radical (unpaired) electrons. The van der Waals surface area contributed by atoms with Crippen molar-refractivity contribution in [2.45, 2.75) is 117 Å². The monoisotopic (exact) mass is 538 g/mol. The lowest BCUT2D eigenvalue weighted by molar-refractivity contribution is -0.904. The summed E-state index contributed by atoms with van der Waals surface area (Å²) >= 11 is 0. The second-order valence-corrected chi connectivity index (χ2v) is 12.0. The Balaban J connectivity index is 1.58. The topological polar surface area (TPSA) is 35.5 Å². The largest absolute Gasteiger partial charge is 0.455 e. The molecule has 2 atom stereocenters. The van der Waals surface area contributed by atoms with E-state index in [4.69, 9.17) is 9.47 Å². The number of hydrogen-bond acceptors (Lipinski definition) is 3. The minimum Gasteiger partial charge on any atom is -0.455 e. The third-order valence-corrected chi connectivity index (χ3v) is 7.60. The molecule has 0 aliphatic heterocycles. The Morgan fingerprint density at radius 1 is 0.744 bits per heavy atom. The van der Waals surface area contributed by atoms with Crippen LogP contribution in [0.3, 0.4) is 0 Å². The van der Waals surface area contributed by atoms with Gasteiger partial charge in [-0.05, 0) is 30.5 Å². The molecule has 0 N–H and O–H groups in total. The Kier molecular flexibility index (Phi) is 15.9. The van der Waals surface area contributed by atoms with Gasteiger partial charge in [-0.25, -0.2) is 0 Å². The Morgan fingerprint density at radius 3 is 1.90 bits per heavy atom. The van der Waals surface area contributed by atoms with Gasteiger partial charge in [0.05, 0.1) is 26.6 Å². The molecule has 0 fully saturated rings. The molecular formula is C35H56NO3+. The van der Waals surface area contributed by atoms with Crippen molar-refractivity contribution in [3.8, 4) is 5.75 Å². The summed E-state index contributed by atoms with van der Waals surface area (Å²) < 4.78 is 12.3. The zero-order chi connectivity index (χ0) is 28.3. The van der Waals surface area contributed by atoms with Crippen molar-refractivity contribution in [1.29, 1.82) is 0 Å². The molecule has 218 valence electrons. The van der Waals surface area contributed by atoms with Crippen LogP contribution in [0.15, 0.2) is 54.6 Å². The average Bonchev–Trinajstić information content (AvgIpc) is 2.91. The van der Waals surface area contributed by atoms with Crippen molar-refractivity contribution in [3.05, 3.63) is 65.7 Å². The standard InChI is InChI=1S/C35H56NO3/c1-6-7-8-9-10-11-12-13-14-15-17-20-32-23-25-34(26-24-32)38-31(3)39-35(37)30(2)27-28-36(4,5)29-33-21-18-16-19-22-33/h16,18-19,21-26,30-31H,6-15,17,20,27-29H2,1-5H3/q+1. The first-order valence-corrected chi connectivity index (χ1v) is 15.6. The summed E-state index contributed by atoms with van der Waals surface area (Å²) in [4.78, 5) is 12.6. The van der Waals surface area contributed by atoms with Crippen molar-refractivity contribution in [2.24, 2.45) is 5.92 Å². The maximum atomic E-state index is 12.6. The lowest BCUT2D eigenvalue weighted by Gasteiger charge is -2.31. The number of aryl methyl sites for hydroxylation is 1. The number of carbonyl (C=O) groups is 1. The van der Waals surface area contributed by atoms with E-state index in [2.05, 4.69) is 57.4 Å². The molecule has 39 heavy (non-hydrogen) atoms.